The maximum Gasteiger partial charge on any atom is 0.255 e. The molecule has 0 saturated heterocycles. The number of nitrogens with zero attached hydrogens (tertiary/aromatic N) is 1. The quantitative estimate of drug-likeness (QED) is 0.610. The molecule has 4 rings (SSSR count). The number of benzene rings is 3. The highest BCUT2D eigenvalue weighted by Crippen LogP contribution is 2.44. The first-order valence-electron chi connectivity index (χ1n) is 10.1. The number of aryl methyl sites for hydroxylation is 1. The third-order valence-electron chi connectivity index (χ3n) is 5.71. The number of rotatable bonds is 6. The Morgan fingerprint density at radius 2 is 1.71 bits per heavy atom. The Kier molecular flexibility index (Phi) is 5.96. The minimum absolute atomic E-state index is 0.250. The second-order valence-corrected chi connectivity index (χ2v) is 7.94. The molecule has 2 atom stereocenters. The maximum atomic E-state index is 13.7. The van der Waals surface area contributed by atoms with E-state index in [0.717, 1.165) is 17.5 Å². The summed E-state index contributed by atoms with van der Waals surface area (Å²) in [6.45, 7) is 0. The third kappa shape index (κ3) is 4.01. The standard InChI is InChI=1S/C25H23ClN2O3/c1-31-22-15-19-18(14-20(22)26)12-13-21(19)28(25(30)17-10-6-3-7-11-17)23(24(27)29)16-8-4-2-5-9-16/h2-11,14-15,21,23H,12-13H2,1H3,(H2,27,29)/t21?,23-/m1/s1. The van der Waals surface area contributed by atoms with Crippen molar-refractivity contribution >= 4 is 23.4 Å². The Balaban J connectivity index is 1.87. The fourth-order valence-electron chi connectivity index (χ4n) is 4.30. The van der Waals surface area contributed by atoms with Gasteiger partial charge in [0.05, 0.1) is 18.2 Å². The van der Waals surface area contributed by atoms with Crippen LogP contribution < -0.4 is 10.5 Å². The van der Waals surface area contributed by atoms with E-state index >= 15 is 0 Å². The highest BCUT2D eigenvalue weighted by atomic mass is 35.5. The monoisotopic (exact) mass is 434 g/mol. The first kappa shape index (κ1) is 20.9. The molecule has 2 amide bonds. The number of carbonyl (C=O) groups excluding carboxylic acids is 2. The molecule has 0 bridgehead atoms. The van der Waals surface area contributed by atoms with Crippen LogP contribution in [0.25, 0.3) is 0 Å². The van der Waals surface area contributed by atoms with Gasteiger partial charge >= 0.3 is 0 Å². The molecule has 0 saturated carbocycles. The number of halogens is 1. The average molecular weight is 435 g/mol. The Morgan fingerprint density at radius 3 is 2.32 bits per heavy atom. The number of carbonyl (C=O) groups is 2. The van der Waals surface area contributed by atoms with Crippen LogP contribution in [0, 0.1) is 0 Å². The number of amides is 2. The van der Waals surface area contributed by atoms with Crippen molar-refractivity contribution in [3.05, 3.63) is 100 Å². The Labute approximate surface area is 186 Å². The summed E-state index contributed by atoms with van der Waals surface area (Å²) < 4.78 is 5.41. The van der Waals surface area contributed by atoms with Crippen molar-refractivity contribution in [1.82, 2.24) is 4.90 Å². The van der Waals surface area contributed by atoms with E-state index in [1.807, 2.05) is 48.5 Å². The van der Waals surface area contributed by atoms with Gasteiger partial charge in [0.2, 0.25) is 5.91 Å². The highest BCUT2D eigenvalue weighted by molar-refractivity contribution is 6.32. The molecule has 0 aromatic heterocycles. The summed E-state index contributed by atoms with van der Waals surface area (Å²) in [6.07, 6.45) is 1.40. The summed E-state index contributed by atoms with van der Waals surface area (Å²) in [4.78, 5) is 28.1. The molecule has 1 aliphatic carbocycles. The van der Waals surface area contributed by atoms with E-state index in [0.29, 0.717) is 28.3 Å². The number of primary amides is 1. The van der Waals surface area contributed by atoms with E-state index in [4.69, 9.17) is 22.1 Å². The molecule has 1 unspecified atom stereocenters. The molecule has 1 aliphatic rings. The lowest BCUT2D eigenvalue weighted by Crippen LogP contribution is -2.43. The second-order valence-electron chi connectivity index (χ2n) is 7.53. The number of fused-ring (bicyclic) bond motifs is 1. The van der Waals surface area contributed by atoms with Gasteiger partial charge in [-0.25, -0.2) is 0 Å². The fraction of sp³-hybridized carbons (Fsp3) is 0.200. The molecular formula is C25H23ClN2O3. The van der Waals surface area contributed by atoms with E-state index in [1.165, 1.54) is 0 Å². The molecule has 0 heterocycles. The van der Waals surface area contributed by atoms with Gasteiger partial charge in [0.1, 0.15) is 11.8 Å². The van der Waals surface area contributed by atoms with E-state index in [-0.39, 0.29) is 11.9 Å². The summed E-state index contributed by atoms with van der Waals surface area (Å²) >= 11 is 6.32. The van der Waals surface area contributed by atoms with Gasteiger partial charge in [-0.15, -0.1) is 0 Å². The highest BCUT2D eigenvalue weighted by Gasteiger charge is 2.39. The molecule has 6 heteroatoms. The summed E-state index contributed by atoms with van der Waals surface area (Å²) in [5.41, 5.74) is 9.01. The number of methoxy groups -OCH3 is 1. The molecule has 31 heavy (non-hydrogen) atoms. The van der Waals surface area contributed by atoms with Crippen LogP contribution in [0.3, 0.4) is 0 Å². The van der Waals surface area contributed by atoms with Crippen LogP contribution in [-0.4, -0.2) is 23.8 Å². The van der Waals surface area contributed by atoms with Gasteiger partial charge in [0.25, 0.3) is 5.91 Å². The summed E-state index contributed by atoms with van der Waals surface area (Å²) in [5.74, 6) is -0.292. The lowest BCUT2D eigenvalue weighted by molar-refractivity contribution is -0.123. The van der Waals surface area contributed by atoms with Crippen molar-refractivity contribution in [3.8, 4) is 5.75 Å². The number of nitrogens with two attached hydrogens (primary N) is 1. The zero-order valence-electron chi connectivity index (χ0n) is 17.1. The zero-order valence-corrected chi connectivity index (χ0v) is 17.9. The van der Waals surface area contributed by atoms with Gasteiger partial charge in [-0.2, -0.15) is 0 Å². The maximum absolute atomic E-state index is 13.7. The molecule has 0 radical (unpaired) electrons. The fourth-order valence-corrected chi connectivity index (χ4v) is 4.56. The number of hydrogen-bond acceptors (Lipinski definition) is 3. The van der Waals surface area contributed by atoms with Crippen LogP contribution in [-0.2, 0) is 11.2 Å². The molecule has 3 aromatic carbocycles. The van der Waals surface area contributed by atoms with Gasteiger partial charge in [0.15, 0.2) is 0 Å². The van der Waals surface area contributed by atoms with Crippen LogP contribution in [0.5, 0.6) is 5.75 Å². The minimum atomic E-state index is -0.911. The predicted molar refractivity (Wildman–Crippen MR) is 120 cm³/mol. The summed E-state index contributed by atoms with van der Waals surface area (Å²) in [6, 6.07) is 20.6. The molecule has 0 fully saturated rings. The van der Waals surface area contributed by atoms with Gasteiger partial charge in [0, 0.05) is 5.56 Å². The van der Waals surface area contributed by atoms with Crippen molar-refractivity contribution in [3.63, 3.8) is 0 Å². The molecule has 5 nitrogen and oxygen atoms in total. The number of hydrogen-bond donors (Lipinski definition) is 1. The van der Waals surface area contributed by atoms with E-state index in [1.54, 1.807) is 36.3 Å². The van der Waals surface area contributed by atoms with E-state index in [2.05, 4.69) is 0 Å². The number of ether oxygens (including phenoxy) is 1. The molecule has 3 aromatic rings. The predicted octanol–water partition coefficient (Wildman–Crippen LogP) is 4.70. The smallest absolute Gasteiger partial charge is 0.255 e. The lowest BCUT2D eigenvalue weighted by atomic mass is 9.98. The van der Waals surface area contributed by atoms with Gasteiger partial charge in [-0.1, -0.05) is 60.1 Å². The van der Waals surface area contributed by atoms with E-state index < -0.39 is 11.9 Å². The van der Waals surface area contributed by atoms with Crippen LogP contribution >= 0.6 is 11.6 Å². The molecule has 0 spiro atoms. The third-order valence-corrected chi connectivity index (χ3v) is 6.01. The zero-order chi connectivity index (χ0) is 22.0. The average Bonchev–Trinajstić information content (AvgIpc) is 3.19. The molecule has 0 aliphatic heterocycles. The van der Waals surface area contributed by atoms with Gasteiger partial charge in [-0.3, -0.25) is 9.59 Å². The molecule has 2 N–H and O–H groups in total. The van der Waals surface area contributed by atoms with Crippen LogP contribution in [0.4, 0.5) is 0 Å². The Hall–Kier alpha value is -3.31. The van der Waals surface area contributed by atoms with Crippen molar-refractivity contribution in [1.29, 1.82) is 0 Å². The first-order chi connectivity index (χ1) is 15.0. The lowest BCUT2D eigenvalue weighted by Gasteiger charge is -2.36. The van der Waals surface area contributed by atoms with Crippen molar-refractivity contribution in [2.75, 3.05) is 7.11 Å². The summed E-state index contributed by atoms with van der Waals surface area (Å²) in [5, 5.41) is 0.525. The normalized spacial score (nSPS) is 15.7. The molecule has 158 valence electrons. The van der Waals surface area contributed by atoms with Crippen molar-refractivity contribution in [2.24, 2.45) is 5.73 Å². The SMILES string of the molecule is COc1cc2c(cc1Cl)CCC2N(C(=O)c1ccccc1)[C@@H](C(N)=O)c1ccccc1. The molecular weight excluding hydrogens is 412 g/mol. The van der Waals surface area contributed by atoms with Crippen LogP contribution in [0.1, 0.15) is 45.6 Å². The Bertz CT molecular complexity index is 1100. The van der Waals surface area contributed by atoms with Crippen LogP contribution in [0.15, 0.2) is 72.8 Å². The van der Waals surface area contributed by atoms with Crippen molar-refractivity contribution < 1.29 is 14.3 Å². The topological polar surface area (TPSA) is 72.6 Å². The Morgan fingerprint density at radius 1 is 1.06 bits per heavy atom. The largest absolute Gasteiger partial charge is 0.495 e. The van der Waals surface area contributed by atoms with Crippen molar-refractivity contribution in [2.45, 2.75) is 24.9 Å². The van der Waals surface area contributed by atoms with Crippen LogP contribution in [0.2, 0.25) is 5.02 Å². The first-order valence-corrected chi connectivity index (χ1v) is 10.5. The van der Waals surface area contributed by atoms with Gasteiger partial charge in [-0.05, 0) is 53.8 Å². The minimum Gasteiger partial charge on any atom is -0.495 e. The summed E-state index contributed by atoms with van der Waals surface area (Å²) in [7, 11) is 1.56. The van der Waals surface area contributed by atoms with E-state index in [9.17, 15) is 9.59 Å². The van der Waals surface area contributed by atoms with Gasteiger partial charge < -0.3 is 15.4 Å². The second kappa shape index (κ2) is 8.82.